The summed E-state index contributed by atoms with van der Waals surface area (Å²) >= 11 is 0. The number of halogens is 2. The Hall–Kier alpha value is -1.57. The number of aliphatic imine (C=N–C) groups is 1. The molecular weight excluding hydrogens is 408 g/mol. The van der Waals surface area contributed by atoms with Crippen LogP contribution >= 0.6 is 24.0 Å². The topological polar surface area (TPSA) is 49.6 Å². The Morgan fingerprint density at radius 3 is 2.74 bits per heavy atom. The van der Waals surface area contributed by atoms with E-state index in [9.17, 15) is 4.39 Å². The fourth-order valence-corrected chi connectivity index (χ4v) is 2.12. The predicted octanol–water partition coefficient (Wildman–Crippen LogP) is 3.81. The largest absolute Gasteiger partial charge is 0.469 e. The van der Waals surface area contributed by atoms with Gasteiger partial charge in [-0.25, -0.2) is 4.39 Å². The van der Waals surface area contributed by atoms with Crippen molar-refractivity contribution in [1.82, 2.24) is 10.6 Å². The highest BCUT2D eigenvalue weighted by Crippen LogP contribution is 2.16. The van der Waals surface area contributed by atoms with E-state index >= 15 is 0 Å². The Morgan fingerprint density at radius 2 is 2.13 bits per heavy atom. The molecule has 1 atom stereocenters. The number of aryl methyl sites for hydroxylation is 1. The van der Waals surface area contributed by atoms with Crippen LogP contribution in [-0.4, -0.2) is 19.6 Å². The van der Waals surface area contributed by atoms with Gasteiger partial charge in [-0.3, -0.25) is 4.99 Å². The lowest BCUT2D eigenvalue weighted by Gasteiger charge is -2.18. The van der Waals surface area contributed by atoms with E-state index in [1.54, 1.807) is 32.4 Å². The SMILES string of the molecule is CN=C(NCCc1ccco1)NC(C)c1ccc(C)c(F)c1.I. The molecule has 0 aliphatic rings. The Morgan fingerprint density at radius 1 is 1.35 bits per heavy atom. The maximum absolute atomic E-state index is 13.6. The van der Waals surface area contributed by atoms with Gasteiger partial charge in [-0.05, 0) is 43.2 Å². The average Bonchev–Trinajstić information content (AvgIpc) is 3.02. The second-order valence-corrected chi connectivity index (χ2v) is 5.20. The third-order valence-corrected chi connectivity index (χ3v) is 3.52. The number of nitrogens with one attached hydrogen (secondary N) is 2. The molecule has 2 rings (SSSR count). The van der Waals surface area contributed by atoms with Crippen molar-refractivity contribution >= 4 is 29.9 Å². The van der Waals surface area contributed by atoms with Crippen LogP contribution < -0.4 is 10.6 Å². The van der Waals surface area contributed by atoms with Crippen LogP contribution in [0.4, 0.5) is 4.39 Å². The molecule has 1 heterocycles. The molecule has 0 aliphatic carbocycles. The summed E-state index contributed by atoms with van der Waals surface area (Å²) in [6.07, 6.45) is 2.44. The molecule has 1 aromatic carbocycles. The summed E-state index contributed by atoms with van der Waals surface area (Å²) in [5.74, 6) is 1.42. The van der Waals surface area contributed by atoms with Crippen molar-refractivity contribution in [2.24, 2.45) is 4.99 Å². The molecule has 0 amide bonds. The number of furan rings is 1. The van der Waals surface area contributed by atoms with Crippen LogP contribution in [0.5, 0.6) is 0 Å². The van der Waals surface area contributed by atoms with Gasteiger partial charge in [-0.2, -0.15) is 0 Å². The van der Waals surface area contributed by atoms with Gasteiger partial charge in [-0.15, -0.1) is 24.0 Å². The van der Waals surface area contributed by atoms with E-state index in [1.165, 1.54) is 0 Å². The monoisotopic (exact) mass is 431 g/mol. The van der Waals surface area contributed by atoms with Crippen LogP contribution in [0, 0.1) is 12.7 Å². The molecule has 0 radical (unpaired) electrons. The fourth-order valence-electron chi connectivity index (χ4n) is 2.12. The first-order chi connectivity index (χ1) is 10.6. The Bertz CT molecular complexity index is 629. The van der Waals surface area contributed by atoms with Crippen LogP contribution in [-0.2, 0) is 6.42 Å². The minimum atomic E-state index is -0.188. The summed E-state index contributed by atoms with van der Waals surface area (Å²) in [5, 5.41) is 6.47. The summed E-state index contributed by atoms with van der Waals surface area (Å²) in [4.78, 5) is 4.18. The van der Waals surface area contributed by atoms with Gasteiger partial charge < -0.3 is 15.1 Å². The highest BCUT2D eigenvalue weighted by molar-refractivity contribution is 14.0. The molecule has 1 aromatic heterocycles. The molecule has 1 unspecified atom stereocenters. The molecule has 126 valence electrons. The van der Waals surface area contributed by atoms with E-state index in [1.807, 2.05) is 25.1 Å². The lowest BCUT2D eigenvalue weighted by Crippen LogP contribution is -2.39. The molecule has 4 nitrogen and oxygen atoms in total. The summed E-state index contributed by atoms with van der Waals surface area (Å²) < 4.78 is 18.9. The molecule has 2 N–H and O–H groups in total. The van der Waals surface area contributed by atoms with Gasteiger partial charge in [0.1, 0.15) is 11.6 Å². The van der Waals surface area contributed by atoms with Crippen molar-refractivity contribution < 1.29 is 8.81 Å². The van der Waals surface area contributed by atoms with Gasteiger partial charge in [0.15, 0.2) is 5.96 Å². The number of hydrogen-bond donors (Lipinski definition) is 2. The number of rotatable bonds is 5. The number of benzene rings is 1. The van der Waals surface area contributed by atoms with Gasteiger partial charge in [0.25, 0.3) is 0 Å². The summed E-state index contributed by atoms with van der Waals surface area (Å²) in [7, 11) is 1.71. The molecular formula is C17H23FIN3O. The van der Waals surface area contributed by atoms with Crippen LogP contribution in [0.15, 0.2) is 46.0 Å². The zero-order chi connectivity index (χ0) is 15.9. The summed E-state index contributed by atoms with van der Waals surface area (Å²) in [6, 6.07) is 9.04. The highest BCUT2D eigenvalue weighted by Gasteiger charge is 2.09. The first-order valence-electron chi connectivity index (χ1n) is 7.35. The number of guanidine groups is 1. The molecule has 0 fully saturated rings. The minimum absolute atomic E-state index is 0. The van der Waals surface area contributed by atoms with Gasteiger partial charge in [0.05, 0.1) is 12.3 Å². The molecule has 6 heteroatoms. The van der Waals surface area contributed by atoms with Crippen LogP contribution in [0.1, 0.15) is 29.9 Å². The number of hydrogen-bond acceptors (Lipinski definition) is 2. The molecule has 0 spiro atoms. The Labute approximate surface area is 153 Å². The minimum Gasteiger partial charge on any atom is -0.469 e. The van der Waals surface area contributed by atoms with Crippen LogP contribution in [0.2, 0.25) is 0 Å². The summed E-state index contributed by atoms with van der Waals surface area (Å²) in [5.41, 5.74) is 1.54. The lowest BCUT2D eigenvalue weighted by molar-refractivity contribution is 0.506. The van der Waals surface area contributed by atoms with E-state index in [-0.39, 0.29) is 35.8 Å². The van der Waals surface area contributed by atoms with Crippen molar-refractivity contribution in [1.29, 1.82) is 0 Å². The van der Waals surface area contributed by atoms with Gasteiger partial charge >= 0.3 is 0 Å². The van der Waals surface area contributed by atoms with Crippen LogP contribution in [0.3, 0.4) is 0 Å². The predicted molar refractivity (Wildman–Crippen MR) is 102 cm³/mol. The molecule has 0 saturated carbocycles. The highest BCUT2D eigenvalue weighted by atomic mass is 127. The van der Waals surface area contributed by atoms with Gasteiger partial charge in [-0.1, -0.05) is 12.1 Å². The Balaban J connectivity index is 0.00000264. The van der Waals surface area contributed by atoms with Crippen molar-refractivity contribution in [3.63, 3.8) is 0 Å². The third kappa shape index (κ3) is 5.85. The standard InChI is InChI=1S/C17H22FN3O.HI/c1-12-6-7-14(11-16(12)18)13(2)21-17(19-3)20-9-8-15-5-4-10-22-15;/h4-7,10-11,13H,8-9H2,1-3H3,(H2,19,20,21);1H. The van der Waals surface area contributed by atoms with Gasteiger partial charge in [0, 0.05) is 20.0 Å². The van der Waals surface area contributed by atoms with Gasteiger partial charge in [0.2, 0.25) is 0 Å². The van der Waals surface area contributed by atoms with Crippen LogP contribution in [0.25, 0.3) is 0 Å². The Kier molecular flexibility index (Phi) is 8.08. The second-order valence-electron chi connectivity index (χ2n) is 5.20. The quantitative estimate of drug-likeness (QED) is 0.430. The maximum Gasteiger partial charge on any atom is 0.191 e. The van der Waals surface area contributed by atoms with E-state index in [0.717, 1.165) is 17.7 Å². The van der Waals surface area contributed by atoms with Crippen molar-refractivity contribution in [2.45, 2.75) is 26.3 Å². The zero-order valence-corrected chi connectivity index (χ0v) is 15.9. The smallest absolute Gasteiger partial charge is 0.191 e. The first-order valence-corrected chi connectivity index (χ1v) is 7.35. The zero-order valence-electron chi connectivity index (χ0n) is 13.6. The molecule has 0 aliphatic heterocycles. The van der Waals surface area contributed by atoms with E-state index in [0.29, 0.717) is 18.1 Å². The molecule has 0 saturated heterocycles. The molecule has 0 bridgehead atoms. The normalized spacial score (nSPS) is 12.4. The first kappa shape index (κ1) is 19.5. The lowest BCUT2D eigenvalue weighted by atomic mass is 10.1. The molecule has 23 heavy (non-hydrogen) atoms. The third-order valence-electron chi connectivity index (χ3n) is 3.52. The molecule has 2 aromatic rings. The fraction of sp³-hybridized carbons (Fsp3) is 0.353. The number of nitrogens with zero attached hydrogens (tertiary/aromatic N) is 1. The summed E-state index contributed by atoms with van der Waals surface area (Å²) in [6.45, 7) is 4.44. The van der Waals surface area contributed by atoms with Crippen molar-refractivity contribution in [3.05, 3.63) is 59.3 Å². The van der Waals surface area contributed by atoms with Crippen molar-refractivity contribution in [3.8, 4) is 0 Å². The van der Waals surface area contributed by atoms with E-state index in [2.05, 4.69) is 15.6 Å². The van der Waals surface area contributed by atoms with E-state index < -0.39 is 0 Å². The average molecular weight is 431 g/mol. The van der Waals surface area contributed by atoms with Crippen molar-refractivity contribution in [2.75, 3.05) is 13.6 Å². The maximum atomic E-state index is 13.6. The van der Waals surface area contributed by atoms with E-state index in [4.69, 9.17) is 4.42 Å². The second kappa shape index (κ2) is 9.54.